The monoisotopic (exact) mass is 504 g/mol. The van der Waals surface area contributed by atoms with Gasteiger partial charge in [0, 0.05) is 24.3 Å². The Morgan fingerprint density at radius 1 is 0.861 bits per heavy atom. The molecule has 3 rings (SSSR count). The lowest BCUT2D eigenvalue weighted by atomic mass is 10.0. The molecule has 0 aliphatic carbocycles. The predicted octanol–water partition coefficient (Wildman–Crippen LogP) is 5.48. The molecule has 2 amide bonds. The zero-order valence-corrected chi connectivity index (χ0v) is 22.4. The van der Waals surface area contributed by atoms with Crippen LogP contribution in [0.15, 0.2) is 84.9 Å². The summed E-state index contributed by atoms with van der Waals surface area (Å²) >= 11 is 1.55. The van der Waals surface area contributed by atoms with Crippen molar-refractivity contribution in [2.24, 2.45) is 0 Å². The van der Waals surface area contributed by atoms with Crippen LogP contribution < -0.4 is 10.1 Å². The van der Waals surface area contributed by atoms with Crippen LogP contribution in [0.4, 0.5) is 0 Å². The van der Waals surface area contributed by atoms with E-state index in [9.17, 15) is 9.59 Å². The molecule has 5 nitrogen and oxygen atoms in total. The van der Waals surface area contributed by atoms with E-state index in [4.69, 9.17) is 4.74 Å². The lowest BCUT2D eigenvalue weighted by Gasteiger charge is -2.34. The van der Waals surface area contributed by atoms with E-state index in [2.05, 4.69) is 5.32 Å². The Bertz CT molecular complexity index is 1100. The van der Waals surface area contributed by atoms with Crippen LogP contribution in [-0.4, -0.2) is 41.2 Å². The van der Waals surface area contributed by atoms with E-state index in [0.717, 1.165) is 22.4 Å². The molecule has 190 valence electrons. The average Bonchev–Trinajstić information content (AvgIpc) is 2.86. The number of thioether (sulfide) groups is 1. The Balaban J connectivity index is 1.82. The summed E-state index contributed by atoms with van der Waals surface area (Å²) in [6, 6.07) is 27.0. The third-order valence-corrected chi connectivity index (χ3v) is 6.61. The van der Waals surface area contributed by atoms with Gasteiger partial charge < -0.3 is 15.0 Å². The van der Waals surface area contributed by atoms with Crippen molar-refractivity contribution in [2.75, 3.05) is 12.9 Å². The molecule has 0 radical (unpaired) electrons. The van der Waals surface area contributed by atoms with Crippen molar-refractivity contribution in [3.05, 3.63) is 102 Å². The van der Waals surface area contributed by atoms with E-state index in [-0.39, 0.29) is 17.6 Å². The lowest BCUT2D eigenvalue weighted by Crippen LogP contribution is -2.54. The molecule has 3 aromatic rings. The van der Waals surface area contributed by atoms with Gasteiger partial charge in [-0.25, -0.2) is 0 Å². The standard InChI is InChI=1S/C30H36N2O3S/c1-30(2,3)31-29(34)27(19-23-11-7-5-8-12-23)32(20-24-13-9-6-10-14-24)28(33)22-36-21-25-15-17-26(35-4)18-16-25/h5-18,27H,19-22H2,1-4H3,(H,31,34)/t27-/m1/s1. The van der Waals surface area contributed by atoms with E-state index >= 15 is 0 Å². The molecule has 0 saturated heterocycles. The van der Waals surface area contributed by atoms with Gasteiger partial charge in [-0.05, 0) is 49.6 Å². The summed E-state index contributed by atoms with van der Waals surface area (Å²) in [7, 11) is 1.64. The van der Waals surface area contributed by atoms with Gasteiger partial charge in [0.15, 0.2) is 0 Å². The predicted molar refractivity (Wildman–Crippen MR) is 148 cm³/mol. The molecule has 0 fully saturated rings. The minimum Gasteiger partial charge on any atom is -0.497 e. The van der Waals surface area contributed by atoms with Crippen molar-refractivity contribution in [3.63, 3.8) is 0 Å². The smallest absolute Gasteiger partial charge is 0.243 e. The molecule has 0 aliphatic heterocycles. The van der Waals surface area contributed by atoms with Gasteiger partial charge in [-0.2, -0.15) is 0 Å². The van der Waals surface area contributed by atoms with Gasteiger partial charge in [-0.15, -0.1) is 11.8 Å². The maximum Gasteiger partial charge on any atom is 0.243 e. The highest BCUT2D eigenvalue weighted by Gasteiger charge is 2.32. The number of rotatable bonds is 11. The van der Waals surface area contributed by atoms with Crippen LogP contribution >= 0.6 is 11.8 Å². The van der Waals surface area contributed by atoms with E-state index in [1.165, 1.54) is 0 Å². The third kappa shape index (κ3) is 8.76. The fourth-order valence-electron chi connectivity index (χ4n) is 3.85. The summed E-state index contributed by atoms with van der Waals surface area (Å²) in [4.78, 5) is 28.9. The number of carbonyl (C=O) groups excluding carboxylic acids is 2. The SMILES string of the molecule is COc1ccc(CSCC(=O)N(Cc2ccccc2)[C@H](Cc2ccccc2)C(=O)NC(C)(C)C)cc1. The van der Waals surface area contributed by atoms with Crippen LogP contribution in [-0.2, 0) is 28.3 Å². The minimum atomic E-state index is -0.624. The Kier molecular flexibility index (Phi) is 10.00. The summed E-state index contributed by atoms with van der Waals surface area (Å²) in [5.41, 5.74) is 2.72. The number of carbonyl (C=O) groups is 2. The van der Waals surface area contributed by atoms with Crippen molar-refractivity contribution < 1.29 is 14.3 Å². The Morgan fingerprint density at radius 3 is 2.00 bits per heavy atom. The van der Waals surface area contributed by atoms with Crippen LogP contribution in [0.2, 0.25) is 0 Å². The number of nitrogens with zero attached hydrogens (tertiary/aromatic N) is 1. The highest BCUT2D eigenvalue weighted by molar-refractivity contribution is 7.99. The quantitative estimate of drug-likeness (QED) is 0.376. The molecule has 1 atom stereocenters. The number of methoxy groups -OCH3 is 1. The summed E-state index contributed by atoms with van der Waals surface area (Å²) in [6.07, 6.45) is 0.449. The molecule has 6 heteroatoms. The summed E-state index contributed by atoms with van der Waals surface area (Å²) in [5.74, 6) is 1.60. The van der Waals surface area contributed by atoms with Crippen molar-refractivity contribution in [1.29, 1.82) is 0 Å². The number of amides is 2. The van der Waals surface area contributed by atoms with Gasteiger partial charge in [0.25, 0.3) is 0 Å². The van der Waals surface area contributed by atoms with Gasteiger partial charge >= 0.3 is 0 Å². The highest BCUT2D eigenvalue weighted by atomic mass is 32.2. The van der Waals surface area contributed by atoms with E-state index < -0.39 is 11.6 Å². The van der Waals surface area contributed by atoms with Crippen LogP contribution in [0, 0.1) is 0 Å². The summed E-state index contributed by atoms with van der Waals surface area (Å²) in [5, 5.41) is 3.10. The lowest BCUT2D eigenvalue weighted by molar-refractivity contribution is -0.140. The topological polar surface area (TPSA) is 58.6 Å². The third-order valence-electron chi connectivity index (χ3n) is 5.62. The molecule has 0 unspecified atom stereocenters. The molecule has 0 aromatic heterocycles. The summed E-state index contributed by atoms with van der Waals surface area (Å²) in [6.45, 7) is 6.24. The zero-order chi connectivity index (χ0) is 26.0. The molecule has 36 heavy (non-hydrogen) atoms. The van der Waals surface area contributed by atoms with Gasteiger partial charge in [0.2, 0.25) is 11.8 Å². The van der Waals surface area contributed by atoms with E-state index in [1.807, 2.05) is 106 Å². The molecule has 0 saturated carbocycles. The van der Waals surface area contributed by atoms with Crippen molar-refractivity contribution >= 4 is 23.6 Å². The van der Waals surface area contributed by atoms with Gasteiger partial charge in [0.05, 0.1) is 12.9 Å². The van der Waals surface area contributed by atoms with Gasteiger partial charge in [-0.3, -0.25) is 9.59 Å². The van der Waals surface area contributed by atoms with E-state index in [0.29, 0.717) is 18.7 Å². The zero-order valence-electron chi connectivity index (χ0n) is 21.6. The first kappa shape index (κ1) is 27.3. The van der Waals surface area contributed by atoms with Crippen LogP contribution in [0.1, 0.15) is 37.5 Å². The fraction of sp³-hybridized carbons (Fsp3) is 0.333. The first-order chi connectivity index (χ1) is 17.2. The maximum atomic E-state index is 13.6. The van der Waals surface area contributed by atoms with Crippen molar-refractivity contribution in [2.45, 2.75) is 51.1 Å². The maximum absolute atomic E-state index is 13.6. The second kappa shape index (κ2) is 13.2. The molecule has 1 N–H and O–H groups in total. The number of benzene rings is 3. The van der Waals surface area contributed by atoms with Crippen molar-refractivity contribution in [1.82, 2.24) is 10.2 Å². The molecular formula is C30H36N2O3S. The van der Waals surface area contributed by atoms with Crippen LogP contribution in [0.5, 0.6) is 5.75 Å². The second-order valence-corrected chi connectivity index (χ2v) is 10.8. The number of hydrogen-bond donors (Lipinski definition) is 1. The molecule has 0 spiro atoms. The average molecular weight is 505 g/mol. The number of hydrogen-bond acceptors (Lipinski definition) is 4. The van der Waals surface area contributed by atoms with Gasteiger partial charge in [-0.1, -0.05) is 72.8 Å². The Morgan fingerprint density at radius 2 is 1.44 bits per heavy atom. The number of nitrogens with one attached hydrogen (secondary N) is 1. The van der Waals surface area contributed by atoms with Crippen LogP contribution in [0.25, 0.3) is 0 Å². The second-order valence-electron chi connectivity index (χ2n) is 9.79. The minimum absolute atomic E-state index is 0.0534. The molecular weight excluding hydrogens is 468 g/mol. The largest absolute Gasteiger partial charge is 0.497 e. The molecule has 0 bridgehead atoms. The molecule has 0 aliphatic rings. The normalized spacial score (nSPS) is 12.0. The fourth-order valence-corrected chi connectivity index (χ4v) is 4.72. The number of ether oxygens (including phenoxy) is 1. The highest BCUT2D eigenvalue weighted by Crippen LogP contribution is 2.20. The Hall–Kier alpha value is -3.25. The van der Waals surface area contributed by atoms with E-state index in [1.54, 1.807) is 23.8 Å². The van der Waals surface area contributed by atoms with Gasteiger partial charge in [0.1, 0.15) is 11.8 Å². The first-order valence-corrected chi connectivity index (χ1v) is 13.3. The molecule has 3 aromatic carbocycles. The molecule has 0 heterocycles. The Labute approximate surface area is 219 Å². The summed E-state index contributed by atoms with van der Waals surface area (Å²) < 4.78 is 5.23. The van der Waals surface area contributed by atoms with Crippen LogP contribution in [0.3, 0.4) is 0 Å². The van der Waals surface area contributed by atoms with Crippen molar-refractivity contribution in [3.8, 4) is 5.75 Å². The first-order valence-electron chi connectivity index (χ1n) is 12.1.